The lowest BCUT2D eigenvalue weighted by atomic mass is 10.3. The molecule has 0 saturated heterocycles. The van der Waals surface area contributed by atoms with Gasteiger partial charge in [0.15, 0.2) is 0 Å². The normalized spacial score (nSPS) is 10.0. The molecule has 0 spiro atoms. The van der Waals surface area contributed by atoms with Crippen molar-refractivity contribution in [3.8, 4) is 0 Å². The van der Waals surface area contributed by atoms with Gasteiger partial charge in [0, 0.05) is 24.5 Å². The molecule has 0 aliphatic carbocycles. The number of hydrogen-bond donors (Lipinski definition) is 3. The van der Waals surface area contributed by atoms with E-state index >= 15 is 0 Å². The van der Waals surface area contributed by atoms with Crippen LogP contribution >= 0.6 is 0 Å². The van der Waals surface area contributed by atoms with Gasteiger partial charge in [-0.15, -0.1) is 0 Å². The van der Waals surface area contributed by atoms with E-state index in [0.29, 0.717) is 12.4 Å². The van der Waals surface area contributed by atoms with Gasteiger partial charge in [-0.05, 0) is 6.07 Å². The average Bonchev–Trinajstić information content (AvgIpc) is 2.67. The monoisotopic (exact) mass is 190 g/mol. The quantitative estimate of drug-likeness (QED) is 0.651. The van der Waals surface area contributed by atoms with Gasteiger partial charge < -0.3 is 11.1 Å². The van der Waals surface area contributed by atoms with Crippen LogP contribution in [0.1, 0.15) is 5.56 Å². The van der Waals surface area contributed by atoms with Crippen molar-refractivity contribution in [1.82, 2.24) is 20.2 Å². The summed E-state index contributed by atoms with van der Waals surface area (Å²) in [6.07, 6.45) is 5.18. The summed E-state index contributed by atoms with van der Waals surface area (Å²) < 4.78 is 0. The average molecular weight is 190 g/mol. The molecule has 6 nitrogen and oxygen atoms in total. The largest absolute Gasteiger partial charge is 0.368 e. The third-order valence-corrected chi connectivity index (χ3v) is 1.70. The van der Waals surface area contributed by atoms with Crippen LogP contribution in [-0.2, 0) is 6.54 Å². The smallest absolute Gasteiger partial charge is 0.221 e. The molecule has 0 aliphatic rings. The molecule has 0 radical (unpaired) electrons. The Morgan fingerprint density at radius 3 is 3.14 bits per heavy atom. The summed E-state index contributed by atoms with van der Waals surface area (Å²) in [5.41, 5.74) is 6.48. The minimum absolute atomic E-state index is 0.266. The van der Waals surface area contributed by atoms with Gasteiger partial charge in [-0.3, -0.25) is 5.10 Å². The van der Waals surface area contributed by atoms with Gasteiger partial charge in [-0.1, -0.05) is 0 Å². The first kappa shape index (κ1) is 8.49. The van der Waals surface area contributed by atoms with E-state index in [1.807, 2.05) is 6.20 Å². The van der Waals surface area contributed by atoms with Crippen LogP contribution in [0.4, 0.5) is 11.8 Å². The molecule has 0 atom stereocenters. The summed E-state index contributed by atoms with van der Waals surface area (Å²) in [4.78, 5) is 7.79. The third kappa shape index (κ3) is 1.98. The molecule has 0 saturated carbocycles. The van der Waals surface area contributed by atoms with Crippen LogP contribution in [0.25, 0.3) is 0 Å². The van der Waals surface area contributed by atoms with E-state index in [-0.39, 0.29) is 5.95 Å². The number of anilines is 2. The van der Waals surface area contributed by atoms with Crippen molar-refractivity contribution in [2.24, 2.45) is 0 Å². The molecule has 2 aromatic rings. The lowest BCUT2D eigenvalue weighted by Gasteiger charge is -2.02. The summed E-state index contributed by atoms with van der Waals surface area (Å²) in [6.45, 7) is 0.660. The number of nitrogens with zero attached hydrogens (tertiary/aromatic N) is 3. The first-order chi connectivity index (χ1) is 6.84. The number of nitrogens with two attached hydrogens (primary N) is 1. The van der Waals surface area contributed by atoms with E-state index in [1.54, 1.807) is 18.5 Å². The van der Waals surface area contributed by atoms with E-state index in [1.165, 1.54) is 0 Å². The van der Waals surface area contributed by atoms with Crippen molar-refractivity contribution in [2.45, 2.75) is 6.54 Å². The Kier molecular flexibility index (Phi) is 2.26. The number of nitrogens with one attached hydrogen (secondary N) is 2. The first-order valence-corrected chi connectivity index (χ1v) is 4.14. The molecule has 2 rings (SSSR count). The first-order valence-electron chi connectivity index (χ1n) is 4.14. The number of hydrogen-bond acceptors (Lipinski definition) is 5. The zero-order valence-corrected chi connectivity index (χ0v) is 7.44. The number of rotatable bonds is 3. The van der Waals surface area contributed by atoms with E-state index in [4.69, 9.17) is 5.73 Å². The SMILES string of the molecule is Nc1nccc(NCc2cn[nH]c2)n1. The molecule has 0 aromatic carbocycles. The maximum atomic E-state index is 5.43. The number of aromatic nitrogens is 4. The Labute approximate surface area is 80.6 Å². The van der Waals surface area contributed by atoms with Crippen molar-refractivity contribution in [3.63, 3.8) is 0 Å². The molecule has 0 unspecified atom stereocenters. The van der Waals surface area contributed by atoms with E-state index in [9.17, 15) is 0 Å². The maximum absolute atomic E-state index is 5.43. The molecular formula is C8H10N6. The third-order valence-electron chi connectivity index (χ3n) is 1.70. The van der Waals surface area contributed by atoms with Crippen molar-refractivity contribution < 1.29 is 0 Å². The Balaban J connectivity index is 1.98. The molecule has 14 heavy (non-hydrogen) atoms. The summed E-state index contributed by atoms with van der Waals surface area (Å²) in [5, 5.41) is 9.66. The summed E-state index contributed by atoms with van der Waals surface area (Å²) in [5.74, 6) is 0.973. The lowest BCUT2D eigenvalue weighted by Crippen LogP contribution is -2.03. The molecule has 2 heterocycles. The fourth-order valence-corrected chi connectivity index (χ4v) is 1.04. The minimum Gasteiger partial charge on any atom is -0.368 e. The topological polar surface area (TPSA) is 92.5 Å². The number of nitrogen functional groups attached to an aromatic ring is 1. The summed E-state index contributed by atoms with van der Waals surface area (Å²) in [6, 6.07) is 1.76. The standard InChI is InChI=1S/C8H10N6/c9-8-10-2-1-7(14-8)11-3-6-4-12-13-5-6/h1-2,4-5H,3H2,(H,12,13)(H3,9,10,11,14). The molecule has 6 heteroatoms. The Morgan fingerprint density at radius 2 is 2.43 bits per heavy atom. The van der Waals surface area contributed by atoms with Gasteiger partial charge in [0.05, 0.1) is 6.20 Å². The molecule has 2 aromatic heterocycles. The fraction of sp³-hybridized carbons (Fsp3) is 0.125. The van der Waals surface area contributed by atoms with Gasteiger partial charge in [0.25, 0.3) is 0 Å². The minimum atomic E-state index is 0.266. The van der Waals surface area contributed by atoms with Crippen LogP contribution in [0.5, 0.6) is 0 Å². The second-order valence-electron chi connectivity index (χ2n) is 2.76. The van der Waals surface area contributed by atoms with Crippen molar-refractivity contribution in [2.75, 3.05) is 11.1 Å². The zero-order valence-electron chi connectivity index (χ0n) is 7.44. The van der Waals surface area contributed by atoms with Crippen LogP contribution in [-0.4, -0.2) is 20.2 Å². The molecule has 0 amide bonds. The van der Waals surface area contributed by atoms with Crippen molar-refractivity contribution in [3.05, 3.63) is 30.2 Å². The van der Waals surface area contributed by atoms with Gasteiger partial charge in [-0.25, -0.2) is 4.98 Å². The van der Waals surface area contributed by atoms with Gasteiger partial charge in [0.1, 0.15) is 5.82 Å². The molecule has 4 N–H and O–H groups in total. The number of aromatic amines is 1. The highest BCUT2D eigenvalue weighted by Gasteiger charge is 1.96. The summed E-state index contributed by atoms with van der Waals surface area (Å²) in [7, 11) is 0. The van der Waals surface area contributed by atoms with E-state index < -0.39 is 0 Å². The van der Waals surface area contributed by atoms with Gasteiger partial charge >= 0.3 is 0 Å². The second kappa shape index (κ2) is 3.73. The van der Waals surface area contributed by atoms with Gasteiger partial charge in [-0.2, -0.15) is 10.1 Å². The lowest BCUT2D eigenvalue weighted by molar-refractivity contribution is 1.09. The second-order valence-corrected chi connectivity index (χ2v) is 2.76. The van der Waals surface area contributed by atoms with Crippen LogP contribution in [0, 0.1) is 0 Å². The van der Waals surface area contributed by atoms with Crippen LogP contribution < -0.4 is 11.1 Å². The predicted octanol–water partition coefficient (Wildman–Crippen LogP) is 0.394. The Morgan fingerprint density at radius 1 is 1.50 bits per heavy atom. The molecule has 0 bridgehead atoms. The Hall–Kier alpha value is -2.11. The molecule has 0 fully saturated rings. The maximum Gasteiger partial charge on any atom is 0.221 e. The van der Waals surface area contributed by atoms with Crippen molar-refractivity contribution >= 4 is 11.8 Å². The Bertz CT molecular complexity index is 396. The van der Waals surface area contributed by atoms with Crippen LogP contribution in [0.15, 0.2) is 24.7 Å². The zero-order chi connectivity index (χ0) is 9.80. The summed E-state index contributed by atoms with van der Waals surface area (Å²) >= 11 is 0. The van der Waals surface area contributed by atoms with Crippen molar-refractivity contribution in [1.29, 1.82) is 0 Å². The fourth-order valence-electron chi connectivity index (χ4n) is 1.04. The number of H-pyrrole nitrogens is 1. The molecule has 72 valence electrons. The molecule has 0 aliphatic heterocycles. The van der Waals surface area contributed by atoms with E-state index in [2.05, 4.69) is 25.5 Å². The van der Waals surface area contributed by atoms with E-state index in [0.717, 1.165) is 5.56 Å². The highest BCUT2D eigenvalue weighted by atomic mass is 15.1. The predicted molar refractivity (Wildman–Crippen MR) is 52.4 cm³/mol. The van der Waals surface area contributed by atoms with Gasteiger partial charge in [0.2, 0.25) is 5.95 Å². The highest BCUT2D eigenvalue weighted by molar-refractivity contribution is 5.37. The van der Waals surface area contributed by atoms with Crippen LogP contribution in [0.2, 0.25) is 0 Å². The molecular weight excluding hydrogens is 180 g/mol. The highest BCUT2D eigenvalue weighted by Crippen LogP contribution is 2.04. The van der Waals surface area contributed by atoms with Crippen LogP contribution in [0.3, 0.4) is 0 Å².